The van der Waals surface area contributed by atoms with Gasteiger partial charge in [-0.2, -0.15) is 0 Å². The molecule has 0 radical (unpaired) electrons. The molecule has 0 aromatic rings. The highest BCUT2D eigenvalue weighted by atomic mass is 16.3. The van der Waals surface area contributed by atoms with Crippen molar-refractivity contribution < 1.29 is 9.90 Å². The SMILES string of the molecule is O=C(N[C@@H]1CCCCC[C@@H]1CO)C1[C@@H]2[C@H]3CC[C@@H](C3)[C@@H]12. The van der Waals surface area contributed by atoms with Crippen molar-refractivity contribution >= 4 is 5.91 Å². The highest BCUT2D eigenvalue weighted by Gasteiger charge is 2.67. The third-order valence-corrected chi connectivity index (χ3v) is 6.76. The predicted octanol–water partition coefficient (Wildman–Crippen LogP) is 2.34. The highest BCUT2D eigenvalue weighted by molar-refractivity contribution is 5.83. The molecule has 6 atom stereocenters. The number of hydrogen-bond donors (Lipinski definition) is 2. The van der Waals surface area contributed by atoms with Gasteiger partial charge in [-0.15, -0.1) is 0 Å². The number of amides is 1. The Morgan fingerprint density at radius 3 is 2.40 bits per heavy atom. The molecule has 3 nitrogen and oxygen atoms in total. The second-order valence-corrected chi connectivity index (χ2v) is 7.71. The molecule has 0 unspecified atom stereocenters. The molecule has 0 saturated heterocycles. The smallest absolute Gasteiger partial charge is 0.223 e. The van der Waals surface area contributed by atoms with Gasteiger partial charge in [0.15, 0.2) is 0 Å². The molecule has 3 heteroatoms. The van der Waals surface area contributed by atoms with E-state index in [1.54, 1.807) is 0 Å². The molecule has 0 heterocycles. The molecule has 20 heavy (non-hydrogen) atoms. The molecule has 1 amide bonds. The Bertz CT molecular complexity index is 380. The molecule has 0 spiro atoms. The Labute approximate surface area is 121 Å². The van der Waals surface area contributed by atoms with Crippen LogP contribution >= 0.6 is 0 Å². The van der Waals surface area contributed by atoms with Crippen LogP contribution in [0.1, 0.15) is 51.4 Å². The zero-order valence-corrected chi connectivity index (χ0v) is 12.3. The van der Waals surface area contributed by atoms with Gasteiger partial charge >= 0.3 is 0 Å². The van der Waals surface area contributed by atoms with Gasteiger partial charge < -0.3 is 10.4 Å². The average molecular weight is 277 g/mol. The van der Waals surface area contributed by atoms with Crippen LogP contribution in [0.25, 0.3) is 0 Å². The first-order valence-electron chi connectivity index (χ1n) is 8.71. The van der Waals surface area contributed by atoms with Crippen molar-refractivity contribution in [1.82, 2.24) is 5.32 Å². The van der Waals surface area contributed by atoms with Crippen LogP contribution in [0.2, 0.25) is 0 Å². The number of rotatable bonds is 3. The highest BCUT2D eigenvalue weighted by Crippen LogP contribution is 2.69. The van der Waals surface area contributed by atoms with E-state index in [0.29, 0.717) is 11.8 Å². The summed E-state index contributed by atoms with van der Waals surface area (Å²) in [6, 6.07) is 0.231. The molecule has 0 aromatic carbocycles. The number of hydrogen-bond acceptors (Lipinski definition) is 2. The Morgan fingerprint density at radius 1 is 1.00 bits per heavy atom. The Morgan fingerprint density at radius 2 is 1.70 bits per heavy atom. The van der Waals surface area contributed by atoms with Crippen LogP contribution in [0.4, 0.5) is 0 Å². The average Bonchev–Trinajstić information content (AvgIpc) is 3.01. The van der Waals surface area contributed by atoms with Gasteiger partial charge in [-0.05, 0) is 55.8 Å². The maximum absolute atomic E-state index is 12.6. The van der Waals surface area contributed by atoms with Crippen molar-refractivity contribution in [2.24, 2.45) is 35.5 Å². The van der Waals surface area contributed by atoms with E-state index >= 15 is 0 Å². The van der Waals surface area contributed by atoms with Gasteiger partial charge in [0.05, 0.1) is 0 Å². The lowest BCUT2D eigenvalue weighted by Gasteiger charge is -2.25. The fraction of sp³-hybridized carbons (Fsp3) is 0.941. The molecular weight excluding hydrogens is 250 g/mol. The van der Waals surface area contributed by atoms with E-state index in [9.17, 15) is 9.90 Å². The van der Waals surface area contributed by atoms with Crippen molar-refractivity contribution in [3.8, 4) is 0 Å². The third-order valence-electron chi connectivity index (χ3n) is 6.76. The maximum Gasteiger partial charge on any atom is 0.223 e. The lowest BCUT2D eigenvalue weighted by molar-refractivity contribution is -0.124. The van der Waals surface area contributed by atoms with Crippen LogP contribution < -0.4 is 5.32 Å². The van der Waals surface area contributed by atoms with Gasteiger partial charge in [0, 0.05) is 24.5 Å². The van der Waals surface area contributed by atoms with Gasteiger partial charge in [0.25, 0.3) is 0 Å². The first kappa shape index (κ1) is 13.1. The number of carbonyl (C=O) groups excluding carboxylic acids is 1. The van der Waals surface area contributed by atoms with Crippen LogP contribution in [0.3, 0.4) is 0 Å². The van der Waals surface area contributed by atoms with E-state index in [2.05, 4.69) is 5.32 Å². The van der Waals surface area contributed by atoms with Crippen molar-refractivity contribution in [2.75, 3.05) is 6.61 Å². The van der Waals surface area contributed by atoms with E-state index in [0.717, 1.165) is 36.5 Å². The fourth-order valence-corrected chi connectivity index (χ4v) is 5.75. The zero-order chi connectivity index (χ0) is 13.7. The van der Waals surface area contributed by atoms with Crippen molar-refractivity contribution in [2.45, 2.75) is 57.4 Å². The van der Waals surface area contributed by atoms with Crippen LogP contribution in [-0.2, 0) is 4.79 Å². The van der Waals surface area contributed by atoms with Gasteiger partial charge in [0.1, 0.15) is 0 Å². The van der Waals surface area contributed by atoms with Gasteiger partial charge in [-0.1, -0.05) is 19.3 Å². The van der Waals surface area contributed by atoms with E-state index in [4.69, 9.17) is 0 Å². The molecule has 4 aliphatic carbocycles. The topological polar surface area (TPSA) is 49.3 Å². The third kappa shape index (κ3) is 2.01. The van der Waals surface area contributed by atoms with E-state index in [1.165, 1.54) is 38.5 Å². The quantitative estimate of drug-likeness (QED) is 0.778. The number of fused-ring (bicyclic) bond motifs is 5. The van der Waals surface area contributed by atoms with Gasteiger partial charge in [-0.25, -0.2) is 0 Å². The summed E-state index contributed by atoms with van der Waals surface area (Å²) in [7, 11) is 0. The summed E-state index contributed by atoms with van der Waals surface area (Å²) in [6.07, 6.45) is 9.94. The molecule has 2 bridgehead atoms. The number of nitrogens with one attached hydrogen (secondary N) is 1. The molecular formula is C17H27NO2. The summed E-state index contributed by atoms with van der Waals surface area (Å²) in [5.41, 5.74) is 0. The Kier molecular flexibility index (Phi) is 3.29. The standard InChI is InChI=1S/C17H27NO2/c19-9-12-4-2-1-3-5-13(12)18-17(20)16-14-10-6-7-11(8-10)15(14)16/h10-16,19H,1-9H2,(H,18,20)/t10-,11-,12+,13+,14+,15+/m0/s1. The molecule has 4 fully saturated rings. The van der Waals surface area contributed by atoms with Gasteiger partial charge in [0.2, 0.25) is 5.91 Å². The molecule has 4 rings (SSSR count). The summed E-state index contributed by atoms with van der Waals surface area (Å²) in [5, 5.41) is 12.9. The largest absolute Gasteiger partial charge is 0.396 e. The Hall–Kier alpha value is -0.570. The fourth-order valence-electron chi connectivity index (χ4n) is 5.75. The van der Waals surface area contributed by atoms with Crippen LogP contribution in [0.15, 0.2) is 0 Å². The Balaban J connectivity index is 1.38. The number of carbonyl (C=O) groups is 1. The summed E-state index contributed by atoms with van der Waals surface area (Å²) in [6.45, 7) is 0.230. The molecule has 4 saturated carbocycles. The van der Waals surface area contributed by atoms with E-state index in [1.807, 2.05) is 0 Å². The number of aliphatic hydroxyl groups excluding tert-OH is 1. The minimum atomic E-state index is 0.230. The molecule has 0 aromatic heterocycles. The molecule has 2 N–H and O–H groups in total. The second-order valence-electron chi connectivity index (χ2n) is 7.71. The normalized spacial score (nSPS) is 49.5. The maximum atomic E-state index is 12.6. The molecule has 4 aliphatic rings. The summed E-state index contributed by atoms with van der Waals surface area (Å²) in [5.74, 6) is 4.13. The zero-order valence-electron chi connectivity index (χ0n) is 12.3. The van der Waals surface area contributed by atoms with E-state index < -0.39 is 0 Å². The lowest BCUT2D eigenvalue weighted by atomic mass is 9.94. The minimum Gasteiger partial charge on any atom is -0.396 e. The molecule has 112 valence electrons. The first-order chi connectivity index (χ1) is 9.79. The van der Waals surface area contributed by atoms with Crippen LogP contribution in [0.5, 0.6) is 0 Å². The first-order valence-corrected chi connectivity index (χ1v) is 8.71. The predicted molar refractivity (Wildman–Crippen MR) is 76.9 cm³/mol. The van der Waals surface area contributed by atoms with Crippen molar-refractivity contribution in [3.05, 3.63) is 0 Å². The molecule has 0 aliphatic heterocycles. The summed E-state index contributed by atoms with van der Waals surface area (Å²) >= 11 is 0. The lowest BCUT2D eigenvalue weighted by Crippen LogP contribution is -2.42. The second kappa shape index (κ2) is 5.01. The summed E-state index contributed by atoms with van der Waals surface area (Å²) < 4.78 is 0. The van der Waals surface area contributed by atoms with Gasteiger partial charge in [-0.3, -0.25) is 4.79 Å². The van der Waals surface area contributed by atoms with Crippen molar-refractivity contribution in [1.29, 1.82) is 0 Å². The van der Waals surface area contributed by atoms with Crippen molar-refractivity contribution in [3.63, 3.8) is 0 Å². The van der Waals surface area contributed by atoms with E-state index in [-0.39, 0.29) is 18.6 Å². The minimum absolute atomic E-state index is 0.230. The van der Waals surface area contributed by atoms with Crippen LogP contribution in [-0.4, -0.2) is 23.7 Å². The summed E-state index contributed by atoms with van der Waals surface area (Å²) in [4.78, 5) is 12.6. The van der Waals surface area contributed by atoms with Crippen LogP contribution in [0, 0.1) is 35.5 Å². The monoisotopic (exact) mass is 277 g/mol. The number of aliphatic hydroxyl groups is 1.